The summed E-state index contributed by atoms with van der Waals surface area (Å²) in [5.41, 5.74) is 0. The van der Waals surface area contributed by atoms with Gasteiger partial charge in [0.15, 0.2) is 12.4 Å². The minimum atomic E-state index is -1.62. The summed E-state index contributed by atoms with van der Waals surface area (Å²) in [5, 5.41) is 57.2. The van der Waals surface area contributed by atoms with Crippen LogP contribution in [0.5, 0.6) is 0 Å². The van der Waals surface area contributed by atoms with Gasteiger partial charge >= 0.3 is 5.97 Å². The van der Waals surface area contributed by atoms with Crippen LogP contribution in [0.3, 0.4) is 0 Å². The minimum Gasteiger partial charge on any atom is -0.454 e. The molecule has 1 heterocycles. The van der Waals surface area contributed by atoms with Crippen molar-refractivity contribution < 1.29 is 49.3 Å². The molecule has 0 saturated carbocycles. The Bertz CT molecular complexity index is 1690. The topological polar surface area (TPSA) is 175 Å². The summed E-state index contributed by atoms with van der Waals surface area (Å²) in [4.78, 5) is 26.6. The highest BCUT2D eigenvalue weighted by Gasteiger charge is 2.47. The molecule has 8 atom stereocenters. The quantitative estimate of drug-likeness (QED) is 0.0195. The number of carbonyl (C=O) groups excluding carboxylic acids is 2. The molecule has 0 aromatic rings. The molecule has 0 aromatic carbocycles. The number of ether oxygens (including phenoxy) is 3. The van der Waals surface area contributed by atoms with Crippen LogP contribution in [0.4, 0.5) is 0 Å². The van der Waals surface area contributed by atoms with E-state index in [1.165, 1.54) is 148 Å². The van der Waals surface area contributed by atoms with Gasteiger partial charge in [-0.25, -0.2) is 0 Å². The molecule has 11 nitrogen and oxygen atoms in total. The Hall–Kier alpha value is -3.16. The van der Waals surface area contributed by atoms with Crippen LogP contribution in [0.2, 0.25) is 0 Å². The Labute approximate surface area is 514 Å². The lowest BCUT2D eigenvalue weighted by atomic mass is 9.99. The van der Waals surface area contributed by atoms with E-state index in [1.54, 1.807) is 6.08 Å². The molecule has 0 bridgehead atoms. The monoisotopic (exact) mass is 1180 g/mol. The fourth-order valence-electron chi connectivity index (χ4n) is 10.6. The van der Waals surface area contributed by atoms with Crippen LogP contribution < -0.4 is 5.32 Å². The van der Waals surface area contributed by atoms with Crippen molar-refractivity contribution in [1.29, 1.82) is 0 Å². The van der Waals surface area contributed by atoms with Crippen molar-refractivity contribution >= 4 is 11.9 Å². The van der Waals surface area contributed by atoms with Crippen LogP contribution in [0.1, 0.15) is 303 Å². The van der Waals surface area contributed by atoms with Gasteiger partial charge < -0.3 is 45.1 Å². The largest absolute Gasteiger partial charge is 0.454 e. The minimum absolute atomic E-state index is 0.111. The van der Waals surface area contributed by atoms with E-state index in [2.05, 4.69) is 99.0 Å². The van der Waals surface area contributed by atoms with Crippen molar-refractivity contribution in [2.75, 3.05) is 13.2 Å². The van der Waals surface area contributed by atoms with E-state index < -0.39 is 67.4 Å². The molecule has 6 N–H and O–H groups in total. The molecule has 1 fully saturated rings. The number of aliphatic hydroxyl groups excluding tert-OH is 5. The van der Waals surface area contributed by atoms with Gasteiger partial charge in [0.1, 0.15) is 24.4 Å². The van der Waals surface area contributed by atoms with Crippen molar-refractivity contribution in [2.24, 2.45) is 0 Å². The van der Waals surface area contributed by atoms with E-state index >= 15 is 0 Å². The van der Waals surface area contributed by atoms with Crippen LogP contribution in [0, 0.1) is 0 Å². The summed E-state index contributed by atoms with van der Waals surface area (Å²) in [7, 11) is 0. The molecule has 1 rings (SSSR count). The van der Waals surface area contributed by atoms with Crippen molar-refractivity contribution in [3.8, 4) is 0 Å². The third kappa shape index (κ3) is 47.0. The Morgan fingerprint density at radius 2 is 0.857 bits per heavy atom. The average molecular weight is 1180 g/mol. The predicted molar refractivity (Wildman–Crippen MR) is 352 cm³/mol. The predicted octanol–water partition coefficient (Wildman–Crippen LogP) is 17.7. The summed E-state index contributed by atoms with van der Waals surface area (Å²) < 4.78 is 17.7. The maximum Gasteiger partial charge on any atom is 0.306 e. The zero-order chi connectivity index (χ0) is 61.0. The summed E-state index contributed by atoms with van der Waals surface area (Å²) in [6, 6.07) is -1.03. The van der Waals surface area contributed by atoms with Gasteiger partial charge in [0, 0.05) is 6.42 Å². The lowest BCUT2D eigenvalue weighted by Gasteiger charge is -2.41. The van der Waals surface area contributed by atoms with Gasteiger partial charge in [-0.05, 0) is 77.0 Å². The summed E-state index contributed by atoms with van der Waals surface area (Å²) in [6.45, 7) is 5.70. The van der Waals surface area contributed by atoms with Crippen molar-refractivity contribution in [2.45, 2.75) is 352 Å². The number of rotatable bonds is 59. The number of nitrogens with one attached hydrogen (secondary N) is 1. The van der Waals surface area contributed by atoms with Crippen LogP contribution in [-0.2, 0) is 23.8 Å². The van der Waals surface area contributed by atoms with Crippen LogP contribution in [0.15, 0.2) is 85.1 Å². The van der Waals surface area contributed by atoms with E-state index in [0.717, 1.165) is 109 Å². The van der Waals surface area contributed by atoms with Gasteiger partial charge in [-0.1, -0.05) is 305 Å². The van der Waals surface area contributed by atoms with Crippen molar-refractivity contribution in [3.63, 3.8) is 0 Å². The highest BCUT2D eigenvalue weighted by Crippen LogP contribution is 2.26. The number of carbonyl (C=O) groups is 2. The molecule has 0 aromatic heterocycles. The number of amides is 1. The second kappa shape index (κ2) is 60.1. The molecule has 1 aliphatic rings. The highest BCUT2D eigenvalue weighted by atomic mass is 16.7. The molecule has 8 unspecified atom stereocenters. The van der Waals surface area contributed by atoms with Gasteiger partial charge in [-0.15, -0.1) is 0 Å². The number of esters is 1. The molecule has 0 aliphatic carbocycles. The number of unbranched alkanes of at least 4 members (excludes halogenated alkanes) is 33. The third-order valence-electron chi connectivity index (χ3n) is 16.1. The van der Waals surface area contributed by atoms with Crippen molar-refractivity contribution in [3.05, 3.63) is 85.1 Å². The molecule has 1 amide bonds. The summed E-state index contributed by atoms with van der Waals surface area (Å²) >= 11 is 0. The van der Waals surface area contributed by atoms with E-state index in [9.17, 15) is 35.1 Å². The summed E-state index contributed by atoms with van der Waals surface area (Å²) in [6.07, 6.45) is 69.0. The fraction of sp³-hybridized carbons (Fsp3) is 0.781. The number of aliphatic hydroxyl groups is 5. The zero-order valence-electron chi connectivity index (χ0n) is 54.0. The van der Waals surface area contributed by atoms with Crippen molar-refractivity contribution in [1.82, 2.24) is 5.32 Å². The number of hydrogen-bond acceptors (Lipinski definition) is 10. The Kier molecular flexibility index (Phi) is 56.5. The molecule has 1 aliphatic heterocycles. The lowest BCUT2D eigenvalue weighted by Crippen LogP contribution is -2.61. The lowest BCUT2D eigenvalue weighted by molar-refractivity contribution is -0.305. The first-order chi connectivity index (χ1) is 41.2. The number of allylic oxidation sites excluding steroid dienone is 13. The number of hydrogen-bond donors (Lipinski definition) is 6. The van der Waals surface area contributed by atoms with Crippen LogP contribution >= 0.6 is 0 Å². The SMILES string of the molecule is CC/C=C\C/C=C\C/C=C\C/C=C\C/C=C\C/C=C\CCCCCCCCCCC(=O)OC1C(OCC(NC(=O)C(O)CCCCCCCCCCCCCCCCCC)C(O)/C=C/CCCCCCCCCCCC)OC(CO)C(O)C1O. The second-order valence-electron chi connectivity index (χ2n) is 23.9. The standard InChI is InChI=1S/C73H129NO10/c1-4-7-10-13-16-19-22-25-27-29-30-31-32-33-34-35-36-37-38-39-41-43-46-49-52-55-58-61-68(78)84-71-70(80)69(79)67(62-75)83-73(71)82-63-64(65(76)59-56-53-50-47-44-24-21-18-15-12-9-6-3)74-72(81)66(77)60-57-54-51-48-45-42-40-28-26-23-20-17-14-11-8-5-2/h7,10,16,19,25,27,30-31,33-34,36-37,56,59,64-67,69-71,73,75-77,79-80H,4-6,8-9,11-15,17-18,20-24,26,28-29,32,35,38-55,57-58,60-63H2,1-3H3,(H,74,81)/b10-7-,19-16-,27-25-,31-30-,34-33-,37-36-,59-56+. The maximum absolute atomic E-state index is 13.5. The molecule has 11 heteroatoms. The highest BCUT2D eigenvalue weighted by molar-refractivity contribution is 5.80. The van der Waals surface area contributed by atoms with E-state index in [-0.39, 0.29) is 13.0 Å². The first-order valence-electron chi connectivity index (χ1n) is 34.9. The van der Waals surface area contributed by atoms with Crippen LogP contribution in [-0.4, -0.2) is 99.6 Å². The smallest absolute Gasteiger partial charge is 0.306 e. The normalized spacial score (nSPS) is 19.0. The average Bonchev–Trinajstić information content (AvgIpc) is 3.69. The van der Waals surface area contributed by atoms with Gasteiger partial charge in [0.2, 0.25) is 5.91 Å². The van der Waals surface area contributed by atoms with Gasteiger partial charge in [0.05, 0.1) is 25.4 Å². The van der Waals surface area contributed by atoms with Gasteiger partial charge in [-0.3, -0.25) is 9.59 Å². The fourth-order valence-corrected chi connectivity index (χ4v) is 10.6. The molecule has 0 spiro atoms. The maximum atomic E-state index is 13.5. The molecule has 84 heavy (non-hydrogen) atoms. The Morgan fingerprint density at radius 3 is 1.29 bits per heavy atom. The Morgan fingerprint density at radius 1 is 0.476 bits per heavy atom. The molecule has 1 saturated heterocycles. The molecular weight excluding hydrogens is 1050 g/mol. The zero-order valence-corrected chi connectivity index (χ0v) is 54.0. The molecule has 486 valence electrons. The van der Waals surface area contributed by atoms with Gasteiger partial charge in [-0.2, -0.15) is 0 Å². The van der Waals surface area contributed by atoms with E-state index in [4.69, 9.17) is 14.2 Å². The Balaban J connectivity index is 2.57. The van der Waals surface area contributed by atoms with Crippen LogP contribution in [0.25, 0.3) is 0 Å². The first kappa shape index (κ1) is 78.9. The molecule has 0 radical (unpaired) electrons. The van der Waals surface area contributed by atoms with E-state index in [0.29, 0.717) is 19.3 Å². The first-order valence-corrected chi connectivity index (χ1v) is 34.9. The van der Waals surface area contributed by atoms with E-state index in [1.807, 2.05) is 6.08 Å². The second-order valence-corrected chi connectivity index (χ2v) is 23.9. The summed E-state index contributed by atoms with van der Waals surface area (Å²) in [5.74, 6) is -1.20. The van der Waals surface area contributed by atoms with Gasteiger partial charge in [0.25, 0.3) is 0 Å². The molecular formula is C73H129NO10. The third-order valence-corrected chi connectivity index (χ3v) is 16.1.